The predicted molar refractivity (Wildman–Crippen MR) is 85.6 cm³/mol. The number of ether oxygens (including phenoxy) is 1. The Bertz CT molecular complexity index is 796. The van der Waals surface area contributed by atoms with Crippen LogP contribution in [0.4, 0.5) is 28.0 Å². The molecule has 0 N–H and O–H groups in total. The molecule has 2 rings (SSSR count). The first-order chi connectivity index (χ1) is 11.9. The van der Waals surface area contributed by atoms with Gasteiger partial charge in [0.15, 0.2) is 5.69 Å². The SMILES string of the molecule is CCN(C(=O)OC(C)(C)C)c1cn(-c2cncc(F)c2)nc1C(F)(F)F. The number of amides is 1. The molecule has 0 fully saturated rings. The summed E-state index contributed by atoms with van der Waals surface area (Å²) in [6, 6.07) is 0.980. The molecule has 0 radical (unpaired) electrons. The second-order valence-corrected chi connectivity index (χ2v) is 6.39. The molecule has 0 spiro atoms. The number of halogens is 4. The molecular formula is C16H18F4N4O2. The van der Waals surface area contributed by atoms with Crippen molar-refractivity contribution in [3.05, 3.63) is 36.2 Å². The van der Waals surface area contributed by atoms with Crippen LogP contribution in [0.5, 0.6) is 0 Å². The van der Waals surface area contributed by atoms with E-state index < -0.39 is 35.1 Å². The van der Waals surface area contributed by atoms with E-state index in [0.29, 0.717) is 0 Å². The van der Waals surface area contributed by atoms with Gasteiger partial charge in [0.05, 0.1) is 30.0 Å². The molecule has 0 aromatic carbocycles. The Balaban J connectivity index is 2.53. The molecule has 0 atom stereocenters. The fourth-order valence-corrected chi connectivity index (χ4v) is 2.14. The van der Waals surface area contributed by atoms with Gasteiger partial charge in [-0.3, -0.25) is 9.88 Å². The Morgan fingerprint density at radius 2 is 1.92 bits per heavy atom. The van der Waals surface area contributed by atoms with Gasteiger partial charge in [-0.1, -0.05) is 0 Å². The van der Waals surface area contributed by atoms with Gasteiger partial charge in [-0.05, 0) is 27.7 Å². The zero-order valence-electron chi connectivity index (χ0n) is 14.6. The second-order valence-electron chi connectivity index (χ2n) is 6.39. The molecule has 0 aliphatic carbocycles. The minimum atomic E-state index is -4.82. The lowest BCUT2D eigenvalue weighted by atomic mass is 10.2. The van der Waals surface area contributed by atoms with E-state index in [1.807, 2.05) is 0 Å². The van der Waals surface area contributed by atoms with E-state index in [-0.39, 0.29) is 12.2 Å². The zero-order valence-corrected chi connectivity index (χ0v) is 14.6. The van der Waals surface area contributed by atoms with Crippen molar-refractivity contribution >= 4 is 11.8 Å². The highest BCUT2D eigenvalue weighted by atomic mass is 19.4. The van der Waals surface area contributed by atoms with Gasteiger partial charge in [0, 0.05) is 12.6 Å². The number of carbonyl (C=O) groups excluding carboxylic acids is 1. The Hall–Kier alpha value is -2.65. The molecule has 1 amide bonds. The van der Waals surface area contributed by atoms with Crippen LogP contribution in [0.1, 0.15) is 33.4 Å². The summed E-state index contributed by atoms with van der Waals surface area (Å²) in [5.41, 5.74) is -2.67. The van der Waals surface area contributed by atoms with Gasteiger partial charge in [-0.15, -0.1) is 0 Å². The summed E-state index contributed by atoms with van der Waals surface area (Å²) in [5, 5.41) is 3.48. The van der Waals surface area contributed by atoms with E-state index >= 15 is 0 Å². The second kappa shape index (κ2) is 6.93. The van der Waals surface area contributed by atoms with Crippen molar-refractivity contribution in [1.82, 2.24) is 14.8 Å². The Morgan fingerprint density at radius 1 is 1.27 bits per heavy atom. The van der Waals surface area contributed by atoms with E-state index in [2.05, 4.69) is 10.1 Å². The summed E-state index contributed by atoms with van der Waals surface area (Å²) in [6.07, 6.45) is -2.70. The van der Waals surface area contributed by atoms with Crippen molar-refractivity contribution in [3.63, 3.8) is 0 Å². The number of aromatic nitrogens is 3. The normalized spacial score (nSPS) is 12.2. The summed E-state index contributed by atoms with van der Waals surface area (Å²) in [4.78, 5) is 16.7. The van der Waals surface area contributed by atoms with E-state index in [4.69, 9.17) is 4.74 Å². The molecule has 142 valence electrons. The highest BCUT2D eigenvalue weighted by Crippen LogP contribution is 2.36. The van der Waals surface area contributed by atoms with Gasteiger partial charge in [-0.25, -0.2) is 13.9 Å². The maximum atomic E-state index is 13.4. The molecule has 6 nitrogen and oxygen atoms in total. The van der Waals surface area contributed by atoms with Crippen molar-refractivity contribution in [3.8, 4) is 5.69 Å². The fourth-order valence-electron chi connectivity index (χ4n) is 2.14. The minimum absolute atomic E-state index is 0.0120. The first kappa shape index (κ1) is 19.7. The third-order valence-electron chi connectivity index (χ3n) is 3.14. The number of rotatable bonds is 3. The van der Waals surface area contributed by atoms with Gasteiger partial charge in [-0.2, -0.15) is 18.3 Å². The van der Waals surface area contributed by atoms with Gasteiger partial charge < -0.3 is 4.74 Å². The van der Waals surface area contributed by atoms with Crippen LogP contribution < -0.4 is 4.90 Å². The van der Waals surface area contributed by atoms with Crippen molar-refractivity contribution < 1.29 is 27.1 Å². The quantitative estimate of drug-likeness (QED) is 0.756. The van der Waals surface area contributed by atoms with Gasteiger partial charge in [0.1, 0.15) is 11.4 Å². The van der Waals surface area contributed by atoms with Crippen LogP contribution in [0.15, 0.2) is 24.7 Å². The van der Waals surface area contributed by atoms with E-state index in [1.165, 1.54) is 6.92 Å². The fraction of sp³-hybridized carbons (Fsp3) is 0.438. The predicted octanol–water partition coefficient (Wildman–Crippen LogP) is 4.19. The van der Waals surface area contributed by atoms with Crippen LogP contribution in [-0.4, -0.2) is 33.0 Å². The Labute approximate surface area is 147 Å². The van der Waals surface area contributed by atoms with Crippen molar-refractivity contribution in [2.45, 2.75) is 39.5 Å². The Morgan fingerprint density at radius 3 is 2.42 bits per heavy atom. The zero-order chi connectivity index (χ0) is 19.7. The number of nitrogens with zero attached hydrogens (tertiary/aromatic N) is 4. The summed E-state index contributed by atoms with van der Waals surface area (Å²) in [7, 11) is 0. The molecule has 0 aliphatic heterocycles. The van der Waals surface area contributed by atoms with Crippen LogP contribution in [0.25, 0.3) is 5.69 Å². The van der Waals surface area contributed by atoms with Crippen LogP contribution in [0.2, 0.25) is 0 Å². The number of carbonyl (C=O) groups is 1. The monoisotopic (exact) mass is 374 g/mol. The molecular weight excluding hydrogens is 356 g/mol. The lowest BCUT2D eigenvalue weighted by Gasteiger charge is -2.26. The first-order valence-electron chi connectivity index (χ1n) is 7.70. The third-order valence-corrected chi connectivity index (χ3v) is 3.14. The van der Waals surface area contributed by atoms with Crippen LogP contribution in [-0.2, 0) is 10.9 Å². The molecule has 10 heteroatoms. The lowest BCUT2D eigenvalue weighted by molar-refractivity contribution is -0.140. The minimum Gasteiger partial charge on any atom is -0.443 e. The average molecular weight is 374 g/mol. The average Bonchev–Trinajstić information content (AvgIpc) is 2.91. The molecule has 0 aliphatic rings. The third kappa shape index (κ3) is 4.50. The number of hydrogen-bond donors (Lipinski definition) is 0. The number of alkyl halides is 3. The maximum absolute atomic E-state index is 13.4. The highest BCUT2D eigenvalue weighted by Gasteiger charge is 2.40. The number of pyridine rings is 1. The van der Waals surface area contributed by atoms with Crippen molar-refractivity contribution in [2.75, 3.05) is 11.4 Å². The topological polar surface area (TPSA) is 60.2 Å². The summed E-state index contributed by atoms with van der Waals surface area (Å²) in [5.74, 6) is -0.729. The standard InChI is InChI=1S/C16H18F4N4O2/c1-5-23(14(25)26-15(2,3)4)12-9-24(22-13(12)16(18,19)20)11-6-10(17)7-21-8-11/h6-9H,5H2,1-4H3. The lowest BCUT2D eigenvalue weighted by Crippen LogP contribution is -2.37. The van der Waals surface area contributed by atoms with Crippen LogP contribution in [0.3, 0.4) is 0 Å². The van der Waals surface area contributed by atoms with E-state index in [1.54, 1.807) is 20.8 Å². The van der Waals surface area contributed by atoms with Crippen molar-refractivity contribution in [1.29, 1.82) is 0 Å². The van der Waals surface area contributed by atoms with Gasteiger partial charge in [0.2, 0.25) is 0 Å². The molecule has 0 bridgehead atoms. The van der Waals surface area contributed by atoms with Gasteiger partial charge >= 0.3 is 12.3 Å². The summed E-state index contributed by atoms with van der Waals surface area (Å²) >= 11 is 0. The number of hydrogen-bond acceptors (Lipinski definition) is 4. The molecule has 0 unspecified atom stereocenters. The van der Waals surface area contributed by atoms with E-state index in [0.717, 1.165) is 34.2 Å². The highest BCUT2D eigenvalue weighted by molar-refractivity contribution is 5.88. The van der Waals surface area contributed by atoms with E-state index in [9.17, 15) is 22.4 Å². The molecule has 0 saturated carbocycles. The number of anilines is 1. The van der Waals surface area contributed by atoms with Crippen LogP contribution >= 0.6 is 0 Å². The maximum Gasteiger partial charge on any atom is 0.437 e. The molecule has 26 heavy (non-hydrogen) atoms. The summed E-state index contributed by atoms with van der Waals surface area (Å²) < 4.78 is 59.5. The largest absolute Gasteiger partial charge is 0.443 e. The van der Waals surface area contributed by atoms with Crippen molar-refractivity contribution in [2.24, 2.45) is 0 Å². The molecule has 2 aromatic heterocycles. The smallest absolute Gasteiger partial charge is 0.437 e. The Kier molecular flexibility index (Phi) is 5.24. The first-order valence-corrected chi connectivity index (χ1v) is 7.70. The van der Waals surface area contributed by atoms with Gasteiger partial charge in [0.25, 0.3) is 0 Å². The molecule has 2 heterocycles. The molecule has 0 saturated heterocycles. The van der Waals surface area contributed by atoms with Crippen LogP contribution in [0, 0.1) is 5.82 Å². The summed E-state index contributed by atoms with van der Waals surface area (Å²) in [6.45, 7) is 6.23. The molecule has 2 aromatic rings.